The largest absolute Gasteiger partial charge is 0.306 e. The Labute approximate surface area is 119 Å². The highest BCUT2D eigenvalue weighted by Gasteiger charge is 2.17. The predicted octanol–water partition coefficient (Wildman–Crippen LogP) is 3.43. The van der Waals surface area contributed by atoms with Crippen molar-refractivity contribution >= 4 is 11.3 Å². The van der Waals surface area contributed by atoms with Crippen LogP contribution in [0.4, 0.5) is 0 Å². The molecule has 1 N–H and O–H groups in total. The van der Waals surface area contributed by atoms with Gasteiger partial charge in [0.1, 0.15) is 5.01 Å². The number of thiazole rings is 1. The van der Waals surface area contributed by atoms with Gasteiger partial charge in [0.2, 0.25) is 0 Å². The molecule has 0 bridgehead atoms. The molecule has 0 aliphatic carbocycles. The first-order valence-corrected chi connectivity index (χ1v) is 7.40. The maximum Gasteiger partial charge on any atom is 0.107 e. The fraction of sp³-hybridized carbons (Fsp3) is 0.467. The van der Waals surface area contributed by atoms with E-state index in [4.69, 9.17) is 0 Å². The van der Waals surface area contributed by atoms with Gasteiger partial charge in [-0.15, -0.1) is 11.3 Å². The summed E-state index contributed by atoms with van der Waals surface area (Å²) in [7, 11) is 0. The van der Waals surface area contributed by atoms with E-state index in [1.807, 2.05) is 18.5 Å². The summed E-state index contributed by atoms with van der Waals surface area (Å²) in [4.78, 5) is 8.83. The molecule has 0 aliphatic rings. The first-order chi connectivity index (χ1) is 8.97. The SMILES string of the molecule is Cc1ccncc1CNCc1nc(C(C)(C)C)cs1. The second-order valence-electron chi connectivity index (χ2n) is 5.78. The van der Waals surface area contributed by atoms with E-state index in [9.17, 15) is 0 Å². The van der Waals surface area contributed by atoms with Gasteiger partial charge in [0.25, 0.3) is 0 Å². The normalized spacial score (nSPS) is 11.8. The Bertz CT molecular complexity index is 540. The van der Waals surface area contributed by atoms with Crippen LogP contribution in [0.1, 0.15) is 42.6 Å². The van der Waals surface area contributed by atoms with E-state index in [-0.39, 0.29) is 5.41 Å². The highest BCUT2D eigenvalue weighted by Crippen LogP contribution is 2.23. The fourth-order valence-corrected chi connectivity index (χ4v) is 2.71. The fourth-order valence-electron chi connectivity index (χ4n) is 1.72. The molecule has 0 saturated heterocycles. The number of aromatic nitrogens is 2. The van der Waals surface area contributed by atoms with E-state index in [0.717, 1.165) is 18.1 Å². The molecule has 2 aromatic heterocycles. The first kappa shape index (κ1) is 14.2. The van der Waals surface area contributed by atoms with E-state index in [2.05, 4.69) is 48.4 Å². The lowest BCUT2D eigenvalue weighted by atomic mass is 9.93. The monoisotopic (exact) mass is 275 g/mol. The second kappa shape index (κ2) is 5.80. The van der Waals surface area contributed by atoms with Gasteiger partial charge in [-0.1, -0.05) is 20.8 Å². The molecule has 2 rings (SSSR count). The summed E-state index contributed by atoms with van der Waals surface area (Å²) >= 11 is 1.73. The molecular formula is C15H21N3S. The second-order valence-corrected chi connectivity index (χ2v) is 6.72. The molecule has 0 radical (unpaired) electrons. The molecule has 2 heterocycles. The van der Waals surface area contributed by atoms with Crippen LogP contribution in [0.5, 0.6) is 0 Å². The lowest BCUT2D eigenvalue weighted by Crippen LogP contribution is -2.15. The quantitative estimate of drug-likeness (QED) is 0.929. The van der Waals surface area contributed by atoms with Crippen molar-refractivity contribution in [3.63, 3.8) is 0 Å². The molecule has 0 aromatic carbocycles. The minimum atomic E-state index is 0.134. The van der Waals surface area contributed by atoms with Gasteiger partial charge in [-0.05, 0) is 24.1 Å². The maximum absolute atomic E-state index is 4.68. The molecule has 102 valence electrons. The van der Waals surface area contributed by atoms with Crippen LogP contribution in [0.15, 0.2) is 23.8 Å². The van der Waals surface area contributed by atoms with Crippen molar-refractivity contribution < 1.29 is 0 Å². The van der Waals surface area contributed by atoms with E-state index in [1.54, 1.807) is 11.3 Å². The maximum atomic E-state index is 4.68. The van der Waals surface area contributed by atoms with Crippen LogP contribution in [-0.2, 0) is 18.5 Å². The Morgan fingerprint density at radius 2 is 2.05 bits per heavy atom. The minimum Gasteiger partial charge on any atom is -0.306 e. The number of hydrogen-bond donors (Lipinski definition) is 1. The summed E-state index contributed by atoms with van der Waals surface area (Å²) in [6.07, 6.45) is 3.75. The van der Waals surface area contributed by atoms with Crippen LogP contribution < -0.4 is 5.32 Å². The van der Waals surface area contributed by atoms with Gasteiger partial charge in [-0.3, -0.25) is 4.98 Å². The van der Waals surface area contributed by atoms with Crippen LogP contribution in [-0.4, -0.2) is 9.97 Å². The van der Waals surface area contributed by atoms with Crippen LogP contribution in [0.25, 0.3) is 0 Å². The van der Waals surface area contributed by atoms with E-state index < -0.39 is 0 Å². The third-order valence-corrected chi connectivity index (χ3v) is 3.91. The Balaban J connectivity index is 1.90. The highest BCUT2D eigenvalue weighted by atomic mass is 32.1. The molecule has 3 nitrogen and oxygen atoms in total. The lowest BCUT2D eigenvalue weighted by Gasteiger charge is -2.14. The van der Waals surface area contributed by atoms with Gasteiger partial charge in [-0.25, -0.2) is 4.98 Å². The molecule has 0 aliphatic heterocycles. The van der Waals surface area contributed by atoms with E-state index >= 15 is 0 Å². The third-order valence-electron chi connectivity index (χ3n) is 3.06. The molecule has 0 unspecified atom stereocenters. The van der Waals surface area contributed by atoms with Crippen molar-refractivity contribution in [1.82, 2.24) is 15.3 Å². The van der Waals surface area contributed by atoms with Crippen molar-refractivity contribution in [2.45, 2.75) is 46.2 Å². The number of pyridine rings is 1. The number of nitrogens with one attached hydrogen (secondary N) is 1. The summed E-state index contributed by atoms with van der Waals surface area (Å²) in [5.41, 5.74) is 3.83. The number of rotatable bonds is 4. The number of aryl methyl sites for hydroxylation is 1. The zero-order valence-electron chi connectivity index (χ0n) is 12.0. The Hall–Kier alpha value is -1.26. The lowest BCUT2D eigenvalue weighted by molar-refractivity contribution is 0.568. The molecule has 0 spiro atoms. The van der Waals surface area contributed by atoms with Gasteiger partial charge in [0, 0.05) is 36.3 Å². The molecule has 0 atom stereocenters. The van der Waals surface area contributed by atoms with Gasteiger partial charge < -0.3 is 5.32 Å². The summed E-state index contributed by atoms with van der Waals surface area (Å²) in [6.45, 7) is 10.3. The van der Waals surface area contributed by atoms with Crippen molar-refractivity contribution in [3.05, 3.63) is 45.7 Å². The van der Waals surface area contributed by atoms with Gasteiger partial charge >= 0.3 is 0 Å². The first-order valence-electron chi connectivity index (χ1n) is 6.52. The molecule has 0 fully saturated rings. The van der Waals surface area contributed by atoms with Crippen molar-refractivity contribution in [1.29, 1.82) is 0 Å². The van der Waals surface area contributed by atoms with Crippen LogP contribution >= 0.6 is 11.3 Å². The number of nitrogens with zero attached hydrogens (tertiary/aromatic N) is 2. The number of hydrogen-bond acceptors (Lipinski definition) is 4. The van der Waals surface area contributed by atoms with Crippen LogP contribution in [0, 0.1) is 6.92 Å². The van der Waals surface area contributed by atoms with Crippen LogP contribution in [0.2, 0.25) is 0 Å². The molecule has 19 heavy (non-hydrogen) atoms. The van der Waals surface area contributed by atoms with Crippen molar-refractivity contribution in [2.24, 2.45) is 0 Å². The Morgan fingerprint density at radius 3 is 2.68 bits per heavy atom. The molecule has 2 aromatic rings. The Kier molecular flexibility index (Phi) is 4.32. The predicted molar refractivity (Wildman–Crippen MR) is 80.3 cm³/mol. The van der Waals surface area contributed by atoms with E-state index in [1.165, 1.54) is 16.8 Å². The highest BCUT2D eigenvalue weighted by molar-refractivity contribution is 7.09. The summed E-state index contributed by atoms with van der Waals surface area (Å²) in [5.74, 6) is 0. The summed E-state index contributed by atoms with van der Waals surface area (Å²) in [5, 5.41) is 6.74. The molecular weight excluding hydrogens is 254 g/mol. The van der Waals surface area contributed by atoms with Crippen molar-refractivity contribution in [2.75, 3.05) is 0 Å². The smallest absolute Gasteiger partial charge is 0.107 e. The zero-order chi connectivity index (χ0) is 13.9. The van der Waals surface area contributed by atoms with Crippen LogP contribution in [0.3, 0.4) is 0 Å². The van der Waals surface area contributed by atoms with Gasteiger partial charge in [0.15, 0.2) is 0 Å². The van der Waals surface area contributed by atoms with E-state index in [0.29, 0.717) is 0 Å². The minimum absolute atomic E-state index is 0.134. The standard InChI is InChI=1S/C15H21N3S/c1-11-5-6-16-7-12(11)8-17-9-14-18-13(10-19-14)15(2,3)4/h5-7,10,17H,8-9H2,1-4H3. The summed E-state index contributed by atoms with van der Waals surface area (Å²) in [6, 6.07) is 2.04. The third kappa shape index (κ3) is 3.85. The van der Waals surface area contributed by atoms with Gasteiger partial charge in [0.05, 0.1) is 5.69 Å². The molecule has 0 saturated carbocycles. The van der Waals surface area contributed by atoms with Gasteiger partial charge in [-0.2, -0.15) is 0 Å². The Morgan fingerprint density at radius 1 is 1.26 bits per heavy atom. The molecule has 0 amide bonds. The van der Waals surface area contributed by atoms with Crippen molar-refractivity contribution in [3.8, 4) is 0 Å². The average Bonchev–Trinajstić information content (AvgIpc) is 2.80. The topological polar surface area (TPSA) is 37.8 Å². The zero-order valence-corrected chi connectivity index (χ0v) is 12.8. The molecule has 4 heteroatoms. The summed E-state index contributed by atoms with van der Waals surface area (Å²) < 4.78 is 0. The average molecular weight is 275 g/mol.